The van der Waals surface area contributed by atoms with E-state index in [4.69, 9.17) is 0 Å². The van der Waals surface area contributed by atoms with Crippen LogP contribution in [0.2, 0.25) is 26.2 Å². The lowest BCUT2D eigenvalue weighted by molar-refractivity contribution is 1.70. The summed E-state index contributed by atoms with van der Waals surface area (Å²) in [6.45, 7) is 9.83. The molecule has 0 aliphatic rings. The van der Waals surface area contributed by atoms with Crippen LogP contribution in [0.15, 0.2) is 83.6 Å². The average molecular weight is 435 g/mol. The monoisotopic (exact) mass is 434 g/mol. The number of benzene rings is 2. The highest BCUT2D eigenvalue weighted by atomic mass is 32.1. The van der Waals surface area contributed by atoms with E-state index in [-0.39, 0.29) is 0 Å². The molecule has 0 aliphatic heterocycles. The van der Waals surface area contributed by atoms with Crippen LogP contribution in [-0.4, -0.2) is 16.1 Å². The molecule has 0 radical (unpaired) electrons. The van der Waals surface area contributed by atoms with Gasteiger partial charge in [-0.05, 0) is 33.3 Å². The molecule has 0 unspecified atom stereocenters. The van der Waals surface area contributed by atoms with Gasteiger partial charge in [0, 0.05) is 9.75 Å². The van der Waals surface area contributed by atoms with Crippen LogP contribution in [0.3, 0.4) is 0 Å². The van der Waals surface area contributed by atoms with Crippen molar-refractivity contribution in [2.75, 3.05) is 0 Å². The van der Waals surface area contributed by atoms with E-state index in [0.29, 0.717) is 0 Å². The highest BCUT2D eigenvalue weighted by Crippen LogP contribution is 2.29. The SMILES string of the molecule is C[Si](C)(c1ccccc1)c1csc(-c2cc([Si](C)(C)c3ccccc3)cs2)c1. The molecule has 2 aromatic carbocycles. The van der Waals surface area contributed by atoms with Crippen LogP contribution in [0.5, 0.6) is 0 Å². The Bertz CT molecular complexity index is 972. The van der Waals surface area contributed by atoms with Gasteiger partial charge in [-0.3, -0.25) is 0 Å². The number of thiophene rings is 2. The van der Waals surface area contributed by atoms with E-state index in [1.54, 1.807) is 0 Å². The molecule has 4 rings (SSSR count). The highest BCUT2D eigenvalue weighted by Gasteiger charge is 2.29. The van der Waals surface area contributed by atoms with Crippen LogP contribution < -0.4 is 20.7 Å². The zero-order valence-electron chi connectivity index (χ0n) is 16.9. The van der Waals surface area contributed by atoms with E-state index in [1.807, 2.05) is 22.7 Å². The van der Waals surface area contributed by atoms with Crippen molar-refractivity contribution in [1.29, 1.82) is 0 Å². The van der Waals surface area contributed by atoms with Crippen molar-refractivity contribution in [2.24, 2.45) is 0 Å². The fraction of sp³-hybridized carbons (Fsp3) is 0.167. The Balaban J connectivity index is 1.64. The van der Waals surface area contributed by atoms with Crippen molar-refractivity contribution in [3.05, 3.63) is 83.6 Å². The largest absolute Gasteiger partial charge is 0.143 e. The predicted octanol–water partition coefficient (Wildman–Crippen LogP) is 5.12. The summed E-state index contributed by atoms with van der Waals surface area (Å²) < 4.78 is 0. The molecule has 0 saturated heterocycles. The van der Waals surface area contributed by atoms with E-state index in [0.717, 1.165) is 0 Å². The third-order valence-corrected chi connectivity index (χ3v) is 15.4. The van der Waals surface area contributed by atoms with Crippen molar-refractivity contribution >= 4 is 59.6 Å². The molecular weight excluding hydrogens is 409 g/mol. The van der Waals surface area contributed by atoms with Crippen LogP contribution in [0.1, 0.15) is 0 Å². The van der Waals surface area contributed by atoms with E-state index in [9.17, 15) is 0 Å². The van der Waals surface area contributed by atoms with Gasteiger partial charge in [0.15, 0.2) is 0 Å². The van der Waals surface area contributed by atoms with Crippen molar-refractivity contribution in [3.63, 3.8) is 0 Å². The Morgan fingerprint density at radius 1 is 0.500 bits per heavy atom. The van der Waals surface area contributed by atoms with Gasteiger partial charge >= 0.3 is 0 Å². The molecule has 0 nitrogen and oxygen atoms in total. The Morgan fingerprint density at radius 3 is 1.21 bits per heavy atom. The van der Waals surface area contributed by atoms with Gasteiger partial charge in [0.25, 0.3) is 0 Å². The fourth-order valence-corrected chi connectivity index (χ4v) is 12.0. The first kappa shape index (κ1) is 19.6. The summed E-state index contributed by atoms with van der Waals surface area (Å²) in [5, 5.41) is 10.9. The van der Waals surface area contributed by atoms with Crippen LogP contribution >= 0.6 is 22.7 Å². The lowest BCUT2D eigenvalue weighted by atomic mass is 10.4. The Labute approximate surface area is 178 Å². The minimum atomic E-state index is -1.63. The molecule has 4 aromatic rings. The summed E-state index contributed by atoms with van der Waals surface area (Å²) in [5.74, 6) is 0. The van der Waals surface area contributed by atoms with Crippen LogP contribution in [0.25, 0.3) is 9.75 Å². The average Bonchev–Trinajstić information content (AvgIpc) is 3.39. The van der Waals surface area contributed by atoms with Gasteiger partial charge in [-0.1, -0.05) is 97.2 Å². The second kappa shape index (κ2) is 7.60. The van der Waals surface area contributed by atoms with Crippen LogP contribution in [0, 0.1) is 0 Å². The van der Waals surface area contributed by atoms with Gasteiger partial charge < -0.3 is 0 Å². The van der Waals surface area contributed by atoms with Crippen molar-refractivity contribution in [1.82, 2.24) is 0 Å². The number of hydrogen-bond acceptors (Lipinski definition) is 2. The lowest BCUT2D eigenvalue weighted by Crippen LogP contribution is -2.52. The van der Waals surface area contributed by atoms with E-state index in [1.165, 1.54) is 30.5 Å². The van der Waals surface area contributed by atoms with E-state index < -0.39 is 16.1 Å². The molecule has 0 atom stereocenters. The summed E-state index contributed by atoms with van der Waals surface area (Å²) in [6, 6.07) is 27.0. The standard InChI is InChI=1S/C24H26S2Si2/c1-27(2,19-11-7-5-8-12-19)21-15-23(25-17-21)24-16-22(18-26-24)28(3,4)20-13-9-6-10-14-20/h5-18H,1-4H3. The van der Waals surface area contributed by atoms with Gasteiger partial charge in [-0.2, -0.15) is 0 Å². The van der Waals surface area contributed by atoms with Crippen molar-refractivity contribution < 1.29 is 0 Å². The number of hydrogen-bond donors (Lipinski definition) is 0. The summed E-state index contributed by atoms with van der Waals surface area (Å²) in [6.07, 6.45) is 0. The number of rotatable bonds is 5. The lowest BCUT2D eigenvalue weighted by Gasteiger charge is -2.22. The molecule has 0 aliphatic carbocycles. The molecule has 2 heterocycles. The highest BCUT2D eigenvalue weighted by molar-refractivity contribution is 7.22. The van der Waals surface area contributed by atoms with E-state index >= 15 is 0 Å². The summed E-state index contributed by atoms with van der Waals surface area (Å²) in [5.41, 5.74) is 0. The van der Waals surface area contributed by atoms with Gasteiger partial charge in [0.05, 0.1) is 0 Å². The maximum Gasteiger partial charge on any atom is 0.113 e. The maximum absolute atomic E-state index is 2.46. The first-order valence-electron chi connectivity index (χ1n) is 9.68. The molecule has 142 valence electrons. The third-order valence-electron chi connectivity index (χ3n) is 5.88. The zero-order chi connectivity index (χ0) is 19.8. The molecule has 28 heavy (non-hydrogen) atoms. The van der Waals surface area contributed by atoms with Crippen LogP contribution in [0.4, 0.5) is 0 Å². The minimum absolute atomic E-state index is 1.42. The van der Waals surface area contributed by atoms with Gasteiger partial charge in [0.1, 0.15) is 16.1 Å². The smallest absolute Gasteiger partial charge is 0.113 e. The first-order valence-corrected chi connectivity index (χ1v) is 17.4. The third kappa shape index (κ3) is 3.62. The fourth-order valence-electron chi connectivity index (χ4n) is 3.63. The quantitative estimate of drug-likeness (QED) is 0.382. The first-order chi connectivity index (χ1) is 13.4. The molecule has 2 aromatic heterocycles. The molecule has 0 spiro atoms. The molecule has 0 bridgehead atoms. The molecular formula is C24H26S2Si2. The summed E-state index contributed by atoms with van der Waals surface area (Å²) in [4.78, 5) is 2.83. The van der Waals surface area contributed by atoms with Crippen LogP contribution in [-0.2, 0) is 0 Å². The summed E-state index contributed by atoms with van der Waals surface area (Å²) >= 11 is 3.81. The summed E-state index contributed by atoms with van der Waals surface area (Å²) in [7, 11) is -3.25. The van der Waals surface area contributed by atoms with Crippen molar-refractivity contribution in [3.8, 4) is 9.75 Å². The Morgan fingerprint density at radius 2 is 0.857 bits per heavy atom. The normalized spacial score (nSPS) is 12.3. The second-order valence-corrected chi connectivity index (χ2v) is 19.0. The molecule has 0 fully saturated rings. The predicted molar refractivity (Wildman–Crippen MR) is 134 cm³/mol. The molecule has 4 heteroatoms. The maximum atomic E-state index is 2.46. The zero-order valence-corrected chi connectivity index (χ0v) is 20.5. The van der Waals surface area contributed by atoms with Gasteiger partial charge in [-0.15, -0.1) is 22.7 Å². The molecule has 0 saturated carbocycles. The van der Waals surface area contributed by atoms with Crippen molar-refractivity contribution in [2.45, 2.75) is 26.2 Å². The molecule has 0 amide bonds. The second-order valence-electron chi connectivity index (χ2n) is 8.38. The Hall–Kier alpha value is -1.73. The van der Waals surface area contributed by atoms with Gasteiger partial charge in [0.2, 0.25) is 0 Å². The Kier molecular flexibility index (Phi) is 5.31. The van der Waals surface area contributed by atoms with Gasteiger partial charge in [-0.25, -0.2) is 0 Å². The minimum Gasteiger partial charge on any atom is -0.143 e. The van der Waals surface area contributed by atoms with E-state index in [2.05, 4.69) is 110 Å². The molecule has 0 N–H and O–H groups in total. The topological polar surface area (TPSA) is 0 Å².